The maximum Gasteiger partial charge on any atom is 0.223 e. The van der Waals surface area contributed by atoms with Gasteiger partial charge in [-0.3, -0.25) is 4.79 Å². The molecule has 98 valence electrons. The maximum absolute atomic E-state index is 11.9. The van der Waals surface area contributed by atoms with Crippen LogP contribution in [0.2, 0.25) is 0 Å². The minimum Gasteiger partial charge on any atom is -0.368 e. The fourth-order valence-corrected chi connectivity index (χ4v) is 2.24. The highest BCUT2D eigenvalue weighted by Gasteiger charge is 2.20. The second-order valence-electron chi connectivity index (χ2n) is 4.56. The van der Waals surface area contributed by atoms with E-state index in [1.807, 2.05) is 18.0 Å². The number of nitrogens with one attached hydrogen (secondary N) is 1. The van der Waals surface area contributed by atoms with Gasteiger partial charge in [-0.1, -0.05) is 18.2 Å². The van der Waals surface area contributed by atoms with Gasteiger partial charge in [-0.15, -0.1) is 0 Å². The second-order valence-corrected chi connectivity index (χ2v) is 4.56. The molecule has 0 spiro atoms. The molecule has 0 aliphatic carbocycles. The van der Waals surface area contributed by atoms with Crippen molar-refractivity contribution in [2.45, 2.75) is 6.42 Å². The second kappa shape index (κ2) is 6.40. The van der Waals surface area contributed by atoms with Crippen LogP contribution < -0.4 is 10.2 Å². The van der Waals surface area contributed by atoms with Gasteiger partial charge in [0.2, 0.25) is 5.91 Å². The van der Waals surface area contributed by atoms with Gasteiger partial charge in [0.1, 0.15) is 0 Å². The lowest BCUT2D eigenvalue weighted by molar-refractivity contribution is -0.131. The summed E-state index contributed by atoms with van der Waals surface area (Å²) < 4.78 is 0. The van der Waals surface area contributed by atoms with Crippen LogP contribution in [0.25, 0.3) is 0 Å². The van der Waals surface area contributed by atoms with Crippen molar-refractivity contribution in [2.24, 2.45) is 0 Å². The molecule has 1 aromatic rings. The number of rotatable bonds is 4. The van der Waals surface area contributed by atoms with Crippen molar-refractivity contribution in [2.75, 3.05) is 44.7 Å². The summed E-state index contributed by atoms with van der Waals surface area (Å²) in [5.41, 5.74) is 1.25. The van der Waals surface area contributed by atoms with Crippen LogP contribution in [0.4, 0.5) is 5.69 Å². The molecule has 1 aliphatic rings. The standard InChI is InChI=1S/C14H21N3O/c1-15-8-7-14(18)17-11-9-16(10-12-17)13-5-3-2-4-6-13/h2-6,15H,7-12H2,1H3. The molecule has 1 N–H and O–H groups in total. The number of carbonyl (C=O) groups excluding carboxylic acids is 1. The van der Waals surface area contributed by atoms with Gasteiger partial charge in [-0.2, -0.15) is 0 Å². The SMILES string of the molecule is CNCCC(=O)N1CCN(c2ccccc2)CC1. The van der Waals surface area contributed by atoms with E-state index in [2.05, 4.69) is 34.5 Å². The molecule has 0 bridgehead atoms. The first kappa shape index (κ1) is 12.9. The van der Waals surface area contributed by atoms with Crippen LogP contribution in [-0.4, -0.2) is 50.6 Å². The zero-order valence-corrected chi connectivity index (χ0v) is 10.9. The van der Waals surface area contributed by atoms with E-state index in [1.165, 1.54) is 5.69 Å². The molecule has 0 radical (unpaired) electrons. The molecule has 0 aromatic heterocycles. The fraction of sp³-hybridized carbons (Fsp3) is 0.500. The number of hydrogen-bond donors (Lipinski definition) is 1. The zero-order chi connectivity index (χ0) is 12.8. The molecule has 4 heteroatoms. The Morgan fingerprint density at radius 3 is 2.44 bits per heavy atom. The van der Waals surface area contributed by atoms with Gasteiger partial charge in [0.25, 0.3) is 0 Å². The van der Waals surface area contributed by atoms with E-state index in [4.69, 9.17) is 0 Å². The van der Waals surface area contributed by atoms with Crippen LogP contribution in [0.3, 0.4) is 0 Å². The van der Waals surface area contributed by atoms with E-state index in [0.29, 0.717) is 6.42 Å². The number of hydrogen-bond acceptors (Lipinski definition) is 3. The van der Waals surface area contributed by atoms with E-state index in [9.17, 15) is 4.79 Å². The molecule has 1 aliphatic heterocycles. The van der Waals surface area contributed by atoms with Gasteiger partial charge in [0.05, 0.1) is 0 Å². The van der Waals surface area contributed by atoms with E-state index in [0.717, 1.165) is 32.7 Å². The van der Waals surface area contributed by atoms with Crippen LogP contribution in [0.1, 0.15) is 6.42 Å². The van der Waals surface area contributed by atoms with Crippen LogP contribution >= 0.6 is 0 Å². The number of para-hydroxylation sites is 1. The Balaban J connectivity index is 1.83. The summed E-state index contributed by atoms with van der Waals surface area (Å²) in [5, 5.41) is 3.01. The molecular weight excluding hydrogens is 226 g/mol. The van der Waals surface area contributed by atoms with Crippen molar-refractivity contribution in [1.29, 1.82) is 0 Å². The van der Waals surface area contributed by atoms with E-state index in [-0.39, 0.29) is 5.91 Å². The third kappa shape index (κ3) is 3.23. The van der Waals surface area contributed by atoms with Crippen molar-refractivity contribution >= 4 is 11.6 Å². The van der Waals surface area contributed by atoms with Crippen molar-refractivity contribution in [3.8, 4) is 0 Å². The van der Waals surface area contributed by atoms with Gasteiger partial charge in [-0.05, 0) is 19.2 Å². The number of anilines is 1. The first-order chi connectivity index (χ1) is 8.81. The average Bonchev–Trinajstić information content (AvgIpc) is 2.46. The van der Waals surface area contributed by atoms with Gasteiger partial charge in [0, 0.05) is 44.8 Å². The smallest absolute Gasteiger partial charge is 0.223 e. The number of amides is 1. The average molecular weight is 247 g/mol. The highest BCUT2D eigenvalue weighted by Crippen LogP contribution is 2.15. The van der Waals surface area contributed by atoms with Crippen LogP contribution in [0.15, 0.2) is 30.3 Å². The largest absolute Gasteiger partial charge is 0.368 e. The van der Waals surface area contributed by atoms with Crippen LogP contribution in [0, 0.1) is 0 Å². The molecule has 2 rings (SSSR count). The third-order valence-corrected chi connectivity index (χ3v) is 3.34. The highest BCUT2D eigenvalue weighted by molar-refractivity contribution is 5.76. The Labute approximate surface area is 109 Å². The number of piperazine rings is 1. The van der Waals surface area contributed by atoms with Crippen molar-refractivity contribution in [3.05, 3.63) is 30.3 Å². The molecule has 0 unspecified atom stereocenters. The lowest BCUT2D eigenvalue weighted by Crippen LogP contribution is -2.49. The van der Waals surface area contributed by atoms with Gasteiger partial charge in [0.15, 0.2) is 0 Å². The lowest BCUT2D eigenvalue weighted by atomic mass is 10.2. The minimum atomic E-state index is 0.261. The Morgan fingerprint density at radius 2 is 1.83 bits per heavy atom. The van der Waals surface area contributed by atoms with E-state index in [1.54, 1.807) is 0 Å². The first-order valence-corrected chi connectivity index (χ1v) is 6.53. The predicted molar refractivity (Wildman–Crippen MR) is 73.8 cm³/mol. The topological polar surface area (TPSA) is 35.6 Å². The van der Waals surface area contributed by atoms with Crippen LogP contribution in [-0.2, 0) is 4.79 Å². The van der Waals surface area contributed by atoms with Gasteiger partial charge < -0.3 is 15.1 Å². The molecule has 1 amide bonds. The summed E-state index contributed by atoms with van der Waals surface area (Å²) in [5.74, 6) is 0.261. The highest BCUT2D eigenvalue weighted by atomic mass is 16.2. The Hall–Kier alpha value is -1.55. The maximum atomic E-state index is 11.9. The molecule has 1 heterocycles. The predicted octanol–water partition coefficient (Wildman–Crippen LogP) is 0.945. The third-order valence-electron chi connectivity index (χ3n) is 3.34. The summed E-state index contributed by atoms with van der Waals surface area (Å²) in [6, 6.07) is 10.4. The quantitative estimate of drug-likeness (QED) is 0.860. The Bertz CT molecular complexity index is 372. The first-order valence-electron chi connectivity index (χ1n) is 6.53. The van der Waals surface area contributed by atoms with E-state index < -0.39 is 0 Å². The Kier molecular flexibility index (Phi) is 4.59. The lowest BCUT2D eigenvalue weighted by Gasteiger charge is -2.36. The summed E-state index contributed by atoms with van der Waals surface area (Å²) in [4.78, 5) is 16.2. The monoisotopic (exact) mass is 247 g/mol. The molecule has 0 saturated carbocycles. The summed E-state index contributed by atoms with van der Waals surface area (Å²) >= 11 is 0. The molecule has 18 heavy (non-hydrogen) atoms. The molecule has 1 aromatic carbocycles. The zero-order valence-electron chi connectivity index (χ0n) is 10.9. The number of carbonyl (C=O) groups is 1. The molecule has 4 nitrogen and oxygen atoms in total. The minimum absolute atomic E-state index is 0.261. The summed E-state index contributed by atoms with van der Waals surface area (Å²) in [6.45, 7) is 4.28. The number of nitrogens with zero attached hydrogens (tertiary/aromatic N) is 2. The van der Waals surface area contributed by atoms with Crippen molar-refractivity contribution < 1.29 is 4.79 Å². The Morgan fingerprint density at radius 1 is 1.17 bits per heavy atom. The normalized spacial score (nSPS) is 15.8. The summed E-state index contributed by atoms with van der Waals surface area (Å²) in [7, 11) is 1.88. The molecule has 1 fully saturated rings. The van der Waals surface area contributed by atoms with Crippen molar-refractivity contribution in [1.82, 2.24) is 10.2 Å². The summed E-state index contributed by atoms with van der Waals surface area (Å²) in [6.07, 6.45) is 0.599. The molecule has 1 saturated heterocycles. The van der Waals surface area contributed by atoms with E-state index >= 15 is 0 Å². The molecular formula is C14H21N3O. The molecule has 0 atom stereocenters. The van der Waals surface area contributed by atoms with Gasteiger partial charge >= 0.3 is 0 Å². The van der Waals surface area contributed by atoms with Crippen molar-refractivity contribution in [3.63, 3.8) is 0 Å². The van der Waals surface area contributed by atoms with Gasteiger partial charge in [-0.25, -0.2) is 0 Å². The number of benzene rings is 1. The van der Waals surface area contributed by atoms with Crippen LogP contribution in [0.5, 0.6) is 0 Å². The fourth-order valence-electron chi connectivity index (χ4n) is 2.24.